The molecule has 3 nitrogen and oxygen atoms in total. The first-order valence-corrected chi connectivity index (χ1v) is 6.39. The minimum atomic E-state index is -2.47. The van der Waals surface area contributed by atoms with E-state index in [1.807, 2.05) is 12.1 Å². The van der Waals surface area contributed by atoms with Crippen LogP contribution < -0.4 is 10.1 Å². The summed E-state index contributed by atoms with van der Waals surface area (Å²) in [4.78, 5) is 0. The van der Waals surface area contributed by atoms with E-state index in [0.717, 1.165) is 11.3 Å². The molecule has 0 bridgehead atoms. The fraction of sp³-hybridized carbons (Fsp3) is 0.188. The van der Waals surface area contributed by atoms with E-state index in [0.29, 0.717) is 12.3 Å². The van der Waals surface area contributed by atoms with Gasteiger partial charge in [0.1, 0.15) is 11.8 Å². The Hall–Kier alpha value is -2.61. The molecule has 0 amide bonds. The molecule has 0 aromatic heterocycles. The van der Waals surface area contributed by atoms with Crippen LogP contribution >= 0.6 is 0 Å². The van der Waals surface area contributed by atoms with Gasteiger partial charge in [-0.3, -0.25) is 0 Å². The van der Waals surface area contributed by atoms with E-state index in [-0.39, 0.29) is 12.2 Å². The highest BCUT2D eigenvalue weighted by Gasteiger charge is 2.06. The summed E-state index contributed by atoms with van der Waals surface area (Å²) in [7, 11) is 0. The zero-order valence-electron chi connectivity index (χ0n) is 11.2. The van der Waals surface area contributed by atoms with Gasteiger partial charge >= 0.3 is 0 Å². The molecule has 21 heavy (non-hydrogen) atoms. The molecule has 108 valence electrons. The Bertz CT molecular complexity index is 638. The van der Waals surface area contributed by atoms with Gasteiger partial charge in [-0.2, -0.15) is 5.26 Å². The molecule has 0 radical (unpaired) electrons. The van der Waals surface area contributed by atoms with Crippen LogP contribution in [0.4, 0.5) is 14.5 Å². The van der Waals surface area contributed by atoms with Crippen LogP contribution in [0.1, 0.15) is 17.6 Å². The lowest BCUT2D eigenvalue weighted by atomic mass is 10.1. The molecule has 0 saturated heterocycles. The molecule has 0 aliphatic carbocycles. The Labute approximate surface area is 121 Å². The normalized spacial score (nSPS) is 10.2. The van der Waals surface area contributed by atoms with Crippen molar-refractivity contribution in [1.82, 2.24) is 0 Å². The average molecular weight is 288 g/mol. The first kappa shape index (κ1) is 14.8. The number of nitrogens with zero attached hydrogens (tertiary/aromatic N) is 1. The Kier molecular flexibility index (Phi) is 5.10. The molecule has 5 heteroatoms. The molecule has 0 saturated carbocycles. The van der Waals surface area contributed by atoms with Gasteiger partial charge in [0.15, 0.2) is 6.61 Å². The second-order valence-corrected chi connectivity index (χ2v) is 4.37. The number of nitrogens with one attached hydrogen (secondary N) is 1. The van der Waals surface area contributed by atoms with E-state index in [9.17, 15) is 8.78 Å². The van der Waals surface area contributed by atoms with E-state index < -0.39 is 6.43 Å². The van der Waals surface area contributed by atoms with E-state index in [1.165, 1.54) is 12.1 Å². The Morgan fingerprint density at radius 3 is 2.71 bits per heavy atom. The molecule has 1 N–H and O–H groups in total. The quantitative estimate of drug-likeness (QED) is 0.869. The number of alkyl halides is 2. The number of ether oxygens (including phenoxy) is 1. The number of anilines is 1. The fourth-order valence-electron chi connectivity index (χ4n) is 1.85. The highest BCUT2D eigenvalue weighted by molar-refractivity contribution is 5.48. The van der Waals surface area contributed by atoms with Gasteiger partial charge in [-0.15, -0.1) is 0 Å². The zero-order valence-corrected chi connectivity index (χ0v) is 11.2. The third-order valence-corrected chi connectivity index (χ3v) is 2.84. The molecule has 2 aromatic rings. The summed E-state index contributed by atoms with van der Waals surface area (Å²) in [5, 5.41) is 11.6. The van der Waals surface area contributed by atoms with Crippen molar-refractivity contribution < 1.29 is 13.5 Å². The smallest absolute Gasteiger partial charge is 0.263 e. The third kappa shape index (κ3) is 4.46. The summed E-state index contributed by atoms with van der Waals surface area (Å²) in [6.45, 7) is 0.419. The van der Waals surface area contributed by atoms with Gasteiger partial charge in [0, 0.05) is 23.9 Å². The molecule has 0 unspecified atom stereocenters. The lowest BCUT2D eigenvalue weighted by Crippen LogP contribution is -2.01. The largest absolute Gasteiger partial charge is 0.479 e. The monoisotopic (exact) mass is 288 g/mol. The van der Waals surface area contributed by atoms with Crippen molar-refractivity contribution in [2.45, 2.75) is 13.0 Å². The van der Waals surface area contributed by atoms with Gasteiger partial charge in [0.05, 0.1) is 0 Å². The maximum absolute atomic E-state index is 12.6. The number of benzene rings is 2. The number of rotatable bonds is 6. The third-order valence-electron chi connectivity index (χ3n) is 2.84. The molecular weight excluding hydrogens is 274 g/mol. The summed E-state index contributed by atoms with van der Waals surface area (Å²) in [6, 6.07) is 15.3. The standard InChI is InChI=1S/C16H14F2N2O/c17-16(18)13-4-1-3-12(9-13)11-20-14-5-2-6-15(10-14)21-8-7-19/h1-6,9-10,16,20H,8,11H2. The predicted molar refractivity (Wildman–Crippen MR) is 76.3 cm³/mol. The number of nitriles is 1. The van der Waals surface area contributed by atoms with Gasteiger partial charge < -0.3 is 10.1 Å². The van der Waals surface area contributed by atoms with Gasteiger partial charge in [0.2, 0.25) is 0 Å². The molecule has 0 fully saturated rings. The Balaban J connectivity index is 1.99. The predicted octanol–water partition coefficient (Wildman–Crippen LogP) is 4.14. The molecule has 0 atom stereocenters. The van der Waals surface area contributed by atoms with Crippen molar-refractivity contribution in [1.29, 1.82) is 5.26 Å². The molecule has 0 spiro atoms. The maximum atomic E-state index is 12.6. The van der Waals surface area contributed by atoms with E-state index in [1.54, 1.807) is 30.3 Å². The van der Waals surface area contributed by atoms with E-state index >= 15 is 0 Å². The first-order valence-electron chi connectivity index (χ1n) is 6.39. The van der Waals surface area contributed by atoms with Crippen LogP contribution in [0.2, 0.25) is 0 Å². The molecular formula is C16H14F2N2O. The SMILES string of the molecule is N#CCOc1cccc(NCc2cccc(C(F)F)c2)c1. The van der Waals surface area contributed by atoms with Crippen molar-refractivity contribution in [2.75, 3.05) is 11.9 Å². The number of halogens is 2. The van der Waals surface area contributed by atoms with Crippen LogP contribution in [0.25, 0.3) is 0 Å². The highest BCUT2D eigenvalue weighted by atomic mass is 19.3. The van der Waals surface area contributed by atoms with Crippen molar-refractivity contribution >= 4 is 5.69 Å². The van der Waals surface area contributed by atoms with Crippen molar-refractivity contribution in [3.05, 3.63) is 59.7 Å². The van der Waals surface area contributed by atoms with Crippen molar-refractivity contribution in [2.24, 2.45) is 0 Å². The second kappa shape index (κ2) is 7.25. The summed E-state index contributed by atoms with van der Waals surface area (Å²) in [5.74, 6) is 0.586. The first-order chi connectivity index (χ1) is 10.2. The minimum Gasteiger partial charge on any atom is -0.479 e. The van der Waals surface area contributed by atoms with Crippen molar-refractivity contribution in [3.63, 3.8) is 0 Å². The maximum Gasteiger partial charge on any atom is 0.263 e. The van der Waals surface area contributed by atoms with Crippen LogP contribution in [0.15, 0.2) is 48.5 Å². The molecule has 2 rings (SSSR count). The zero-order chi connectivity index (χ0) is 15.1. The van der Waals surface area contributed by atoms with E-state index in [2.05, 4.69) is 5.32 Å². The van der Waals surface area contributed by atoms with Crippen LogP contribution in [-0.2, 0) is 6.54 Å². The van der Waals surface area contributed by atoms with Gasteiger partial charge in [0.25, 0.3) is 6.43 Å². The van der Waals surface area contributed by atoms with Crippen LogP contribution in [0.5, 0.6) is 5.75 Å². The summed E-state index contributed by atoms with van der Waals surface area (Å²) >= 11 is 0. The Morgan fingerprint density at radius 2 is 1.95 bits per heavy atom. The molecule has 2 aromatic carbocycles. The highest BCUT2D eigenvalue weighted by Crippen LogP contribution is 2.21. The van der Waals surface area contributed by atoms with E-state index in [4.69, 9.17) is 10.00 Å². The van der Waals surface area contributed by atoms with Gasteiger partial charge in [-0.05, 0) is 23.8 Å². The lowest BCUT2D eigenvalue weighted by Gasteiger charge is -2.09. The molecule has 0 aliphatic rings. The van der Waals surface area contributed by atoms with Crippen molar-refractivity contribution in [3.8, 4) is 11.8 Å². The van der Waals surface area contributed by atoms with Gasteiger partial charge in [-0.25, -0.2) is 8.78 Å². The van der Waals surface area contributed by atoms with Crippen LogP contribution in [-0.4, -0.2) is 6.61 Å². The summed E-state index contributed by atoms with van der Waals surface area (Å²) < 4.78 is 30.4. The molecule has 0 aliphatic heterocycles. The average Bonchev–Trinajstić information content (AvgIpc) is 2.51. The summed E-state index contributed by atoms with van der Waals surface area (Å²) in [6.07, 6.45) is -2.47. The number of hydrogen-bond acceptors (Lipinski definition) is 3. The fourth-order valence-corrected chi connectivity index (χ4v) is 1.85. The lowest BCUT2D eigenvalue weighted by molar-refractivity contribution is 0.151. The number of hydrogen-bond donors (Lipinski definition) is 1. The van der Waals surface area contributed by atoms with Crippen LogP contribution in [0, 0.1) is 11.3 Å². The Morgan fingerprint density at radius 1 is 1.14 bits per heavy atom. The minimum absolute atomic E-state index is 0.0140. The summed E-state index contributed by atoms with van der Waals surface area (Å²) in [5.41, 5.74) is 1.59. The topological polar surface area (TPSA) is 45.0 Å². The van der Waals surface area contributed by atoms with Crippen LogP contribution in [0.3, 0.4) is 0 Å². The molecule has 0 heterocycles. The second-order valence-electron chi connectivity index (χ2n) is 4.37. The van der Waals surface area contributed by atoms with Gasteiger partial charge in [-0.1, -0.05) is 24.3 Å².